The monoisotopic (exact) mass is 312 g/mol. The second kappa shape index (κ2) is 4.59. The van der Waals surface area contributed by atoms with Gasteiger partial charge in [-0.05, 0) is 23.3 Å². The third kappa shape index (κ3) is 1.87. The van der Waals surface area contributed by atoms with E-state index >= 15 is 0 Å². The highest BCUT2D eigenvalue weighted by Gasteiger charge is 2.29. The van der Waals surface area contributed by atoms with Crippen LogP contribution < -0.4 is 0 Å². The number of hydrogen-bond donors (Lipinski definition) is 0. The van der Waals surface area contributed by atoms with Crippen LogP contribution in [0.3, 0.4) is 0 Å². The second-order valence-electron chi connectivity index (χ2n) is 4.29. The molecule has 0 heterocycles. The number of fused-ring (bicyclic) bond motifs is 1. The highest BCUT2D eigenvalue weighted by atomic mass is 79.9. The van der Waals surface area contributed by atoms with Crippen LogP contribution in [0.4, 0.5) is 0 Å². The summed E-state index contributed by atoms with van der Waals surface area (Å²) in [7, 11) is 0. The molecule has 0 radical (unpaired) electrons. The van der Waals surface area contributed by atoms with Crippen molar-refractivity contribution in [3.63, 3.8) is 0 Å². The number of rotatable bonds is 2. The van der Waals surface area contributed by atoms with Crippen molar-refractivity contribution in [2.24, 2.45) is 0 Å². The lowest BCUT2D eigenvalue weighted by atomic mass is 10.0. The van der Waals surface area contributed by atoms with Crippen LogP contribution in [0.1, 0.15) is 21.5 Å². The average Bonchev–Trinajstić information content (AvgIpc) is 2.73. The highest BCUT2D eigenvalue weighted by molar-refractivity contribution is 9.10. The van der Waals surface area contributed by atoms with Crippen molar-refractivity contribution in [2.75, 3.05) is 0 Å². The molecule has 0 saturated carbocycles. The zero-order valence-corrected chi connectivity index (χ0v) is 11.5. The summed E-state index contributed by atoms with van der Waals surface area (Å²) in [5.74, 6) is -0.0833. The molecule has 2 aromatic carbocycles. The van der Waals surface area contributed by atoms with Crippen molar-refractivity contribution in [3.8, 4) is 0 Å². The number of halogens is 1. The molecular weight excluding hydrogens is 304 g/mol. The van der Waals surface area contributed by atoms with Crippen LogP contribution in [0.15, 0.2) is 53.0 Å². The molecule has 0 N–H and O–H groups in total. The van der Waals surface area contributed by atoms with Crippen LogP contribution in [0.5, 0.6) is 0 Å². The van der Waals surface area contributed by atoms with Crippen LogP contribution in [0.25, 0.3) is 11.1 Å². The van der Waals surface area contributed by atoms with Gasteiger partial charge in [0, 0.05) is 21.2 Å². The molecule has 0 aromatic heterocycles. The largest absolute Gasteiger partial charge is 0.298 e. The van der Waals surface area contributed by atoms with E-state index in [0.29, 0.717) is 16.7 Å². The molecule has 0 bridgehead atoms. The Labute approximate surface area is 118 Å². The van der Waals surface area contributed by atoms with Crippen LogP contribution >= 0.6 is 15.9 Å². The molecule has 0 aliphatic heterocycles. The molecule has 2 aromatic rings. The molecule has 3 heteroatoms. The molecular formula is C16H9BrO2. The van der Waals surface area contributed by atoms with Crippen molar-refractivity contribution in [2.45, 2.75) is 0 Å². The Balaban J connectivity index is 2.23. The average molecular weight is 313 g/mol. The first-order valence-electron chi connectivity index (χ1n) is 5.82. The number of ketones is 1. The van der Waals surface area contributed by atoms with Crippen molar-refractivity contribution in [3.05, 3.63) is 69.7 Å². The van der Waals surface area contributed by atoms with Gasteiger partial charge in [0.2, 0.25) is 0 Å². The smallest absolute Gasteiger partial charge is 0.194 e. The van der Waals surface area contributed by atoms with E-state index in [1.807, 2.05) is 42.5 Å². The first-order chi connectivity index (χ1) is 9.22. The minimum Gasteiger partial charge on any atom is -0.298 e. The number of benzene rings is 2. The van der Waals surface area contributed by atoms with Crippen molar-refractivity contribution < 1.29 is 9.59 Å². The van der Waals surface area contributed by atoms with E-state index < -0.39 is 0 Å². The van der Waals surface area contributed by atoms with E-state index in [2.05, 4.69) is 15.9 Å². The van der Waals surface area contributed by atoms with Crippen LogP contribution in [0.2, 0.25) is 0 Å². The minimum atomic E-state index is -0.0833. The minimum absolute atomic E-state index is 0.0833. The summed E-state index contributed by atoms with van der Waals surface area (Å²) in [5, 5.41) is 0. The Morgan fingerprint density at radius 3 is 2.16 bits per heavy atom. The van der Waals surface area contributed by atoms with Gasteiger partial charge in [0.05, 0.1) is 0 Å². The van der Waals surface area contributed by atoms with Crippen LogP contribution in [-0.2, 0) is 4.79 Å². The SMILES string of the molecule is O=CC1=C(c2ccc(Br)cc2)C(=O)c2ccccc21. The van der Waals surface area contributed by atoms with E-state index in [-0.39, 0.29) is 5.78 Å². The number of hydrogen-bond acceptors (Lipinski definition) is 2. The topological polar surface area (TPSA) is 34.1 Å². The summed E-state index contributed by atoms with van der Waals surface area (Å²) in [5.41, 5.74) is 3.06. The summed E-state index contributed by atoms with van der Waals surface area (Å²) < 4.78 is 0.937. The van der Waals surface area contributed by atoms with Crippen molar-refractivity contribution in [1.82, 2.24) is 0 Å². The van der Waals surface area contributed by atoms with E-state index in [4.69, 9.17) is 0 Å². The quantitative estimate of drug-likeness (QED) is 0.791. The zero-order chi connectivity index (χ0) is 13.4. The zero-order valence-electron chi connectivity index (χ0n) is 9.89. The molecule has 0 saturated heterocycles. The van der Waals surface area contributed by atoms with Crippen LogP contribution in [-0.4, -0.2) is 12.1 Å². The Hall–Kier alpha value is -2.00. The predicted molar refractivity (Wildman–Crippen MR) is 77.8 cm³/mol. The highest BCUT2D eigenvalue weighted by Crippen LogP contribution is 2.37. The first kappa shape index (κ1) is 12.1. The normalized spacial score (nSPS) is 13.6. The molecule has 1 aliphatic rings. The third-order valence-corrected chi connectivity index (χ3v) is 3.74. The molecule has 0 amide bonds. The number of allylic oxidation sites excluding steroid dienone is 2. The van der Waals surface area contributed by atoms with Gasteiger partial charge >= 0.3 is 0 Å². The number of carbonyl (C=O) groups is 2. The molecule has 0 unspecified atom stereocenters. The molecule has 1 aliphatic carbocycles. The van der Waals surface area contributed by atoms with Gasteiger partial charge in [-0.1, -0.05) is 52.3 Å². The van der Waals surface area contributed by atoms with Gasteiger partial charge < -0.3 is 0 Å². The van der Waals surface area contributed by atoms with Gasteiger partial charge in [0.15, 0.2) is 12.1 Å². The van der Waals surface area contributed by atoms with Gasteiger partial charge in [-0.15, -0.1) is 0 Å². The van der Waals surface area contributed by atoms with Gasteiger partial charge in [-0.3, -0.25) is 9.59 Å². The number of aldehydes is 1. The van der Waals surface area contributed by atoms with Gasteiger partial charge in [0.25, 0.3) is 0 Å². The predicted octanol–water partition coefficient (Wildman–Crippen LogP) is 3.76. The summed E-state index contributed by atoms with van der Waals surface area (Å²) in [6.07, 6.45) is 0.765. The molecule has 19 heavy (non-hydrogen) atoms. The Kier molecular flexibility index (Phi) is 2.91. The van der Waals surface area contributed by atoms with E-state index in [0.717, 1.165) is 21.9 Å². The molecule has 2 nitrogen and oxygen atoms in total. The maximum absolute atomic E-state index is 12.4. The van der Waals surface area contributed by atoms with Crippen molar-refractivity contribution in [1.29, 1.82) is 0 Å². The molecule has 92 valence electrons. The molecule has 0 fully saturated rings. The van der Waals surface area contributed by atoms with E-state index in [1.165, 1.54) is 0 Å². The summed E-state index contributed by atoms with van der Waals surface area (Å²) in [6.45, 7) is 0. The lowest BCUT2D eigenvalue weighted by Crippen LogP contribution is -1.98. The van der Waals surface area contributed by atoms with Gasteiger partial charge in [-0.25, -0.2) is 0 Å². The maximum Gasteiger partial charge on any atom is 0.194 e. The van der Waals surface area contributed by atoms with E-state index in [9.17, 15) is 9.59 Å². The van der Waals surface area contributed by atoms with E-state index in [1.54, 1.807) is 6.07 Å². The fraction of sp³-hybridized carbons (Fsp3) is 0. The number of carbonyl (C=O) groups excluding carboxylic acids is 2. The van der Waals surface area contributed by atoms with Crippen LogP contribution in [0, 0.1) is 0 Å². The molecule has 3 rings (SSSR count). The molecule has 0 spiro atoms. The van der Waals surface area contributed by atoms with Gasteiger partial charge in [-0.2, -0.15) is 0 Å². The molecule has 0 atom stereocenters. The lowest BCUT2D eigenvalue weighted by molar-refractivity contribution is -0.103. The Morgan fingerprint density at radius 1 is 0.895 bits per heavy atom. The van der Waals surface area contributed by atoms with Gasteiger partial charge in [0.1, 0.15) is 0 Å². The maximum atomic E-state index is 12.4. The fourth-order valence-electron chi connectivity index (χ4n) is 2.33. The lowest BCUT2D eigenvalue weighted by Gasteiger charge is -2.02. The Morgan fingerprint density at radius 2 is 1.53 bits per heavy atom. The standard InChI is InChI=1S/C16H9BrO2/c17-11-7-5-10(6-8-11)15-14(9-18)12-3-1-2-4-13(12)16(15)19/h1-9H. The third-order valence-electron chi connectivity index (χ3n) is 3.21. The number of Topliss-reactive ketones (excluding diaryl/α,β-unsaturated/α-hetero) is 1. The van der Waals surface area contributed by atoms with Crippen molar-refractivity contribution >= 4 is 39.1 Å². The first-order valence-corrected chi connectivity index (χ1v) is 6.61. The summed E-state index contributed by atoms with van der Waals surface area (Å²) in [4.78, 5) is 23.8. The summed E-state index contributed by atoms with van der Waals surface area (Å²) in [6, 6.07) is 14.6. The Bertz CT molecular complexity index is 712. The second-order valence-corrected chi connectivity index (χ2v) is 5.20. The fourth-order valence-corrected chi connectivity index (χ4v) is 2.60. The summed E-state index contributed by atoms with van der Waals surface area (Å²) >= 11 is 3.36.